The highest BCUT2D eigenvalue weighted by Gasteiger charge is 2.43. The van der Waals surface area contributed by atoms with E-state index in [0.29, 0.717) is 17.8 Å². The molecule has 5 heteroatoms. The van der Waals surface area contributed by atoms with E-state index in [4.69, 9.17) is 5.11 Å². The summed E-state index contributed by atoms with van der Waals surface area (Å²) in [6.07, 6.45) is 6.07. The summed E-state index contributed by atoms with van der Waals surface area (Å²) in [6.45, 7) is 0. The van der Waals surface area contributed by atoms with Gasteiger partial charge in [0.2, 0.25) is 5.91 Å². The van der Waals surface area contributed by atoms with Crippen molar-refractivity contribution in [3.8, 4) is 0 Å². The van der Waals surface area contributed by atoms with Gasteiger partial charge in [0.1, 0.15) is 0 Å². The van der Waals surface area contributed by atoms with Gasteiger partial charge in [0, 0.05) is 18.5 Å². The van der Waals surface area contributed by atoms with E-state index in [1.54, 1.807) is 11.8 Å². The van der Waals surface area contributed by atoms with Crippen LogP contribution in [0.3, 0.4) is 0 Å². The summed E-state index contributed by atoms with van der Waals surface area (Å²) in [5.74, 6) is 0.344. The lowest BCUT2D eigenvalue weighted by atomic mass is 9.88. The molecular formula is C12H19NO3S. The summed E-state index contributed by atoms with van der Waals surface area (Å²) in [7, 11) is 0. The van der Waals surface area contributed by atoms with E-state index < -0.39 is 5.97 Å². The quantitative estimate of drug-likeness (QED) is 0.831. The highest BCUT2D eigenvalue weighted by molar-refractivity contribution is 7.99. The van der Waals surface area contributed by atoms with E-state index in [0.717, 1.165) is 25.7 Å². The maximum atomic E-state index is 12.0. The van der Waals surface area contributed by atoms with Gasteiger partial charge in [-0.1, -0.05) is 0 Å². The fraction of sp³-hybridized carbons (Fsp3) is 0.833. The molecule has 2 aliphatic rings. The van der Waals surface area contributed by atoms with Crippen LogP contribution < -0.4 is 0 Å². The molecule has 1 N–H and O–H groups in total. The average Bonchev–Trinajstić information content (AvgIpc) is 2.50. The second kappa shape index (κ2) is 5.29. The molecule has 17 heavy (non-hydrogen) atoms. The lowest BCUT2D eigenvalue weighted by Crippen LogP contribution is -2.47. The third-order valence-corrected chi connectivity index (χ3v) is 4.39. The van der Waals surface area contributed by atoms with Crippen molar-refractivity contribution < 1.29 is 14.7 Å². The van der Waals surface area contributed by atoms with Crippen LogP contribution in [0.15, 0.2) is 0 Å². The monoisotopic (exact) mass is 257 g/mol. The number of piperidine rings is 1. The number of hydrogen-bond acceptors (Lipinski definition) is 3. The largest absolute Gasteiger partial charge is 0.481 e. The van der Waals surface area contributed by atoms with Crippen LogP contribution in [0.5, 0.6) is 0 Å². The summed E-state index contributed by atoms with van der Waals surface area (Å²) >= 11 is 1.56. The van der Waals surface area contributed by atoms with Crippen LogP contribution >= 0.6 is 11.8 Å². The summed E-state index contributed by atoms with van der Waals surface area (Å²) < 4.78 is 0. The predicted octanol–water partition coefficient (Wildman–Crippen LogP) is 1.59. The van der Waals surface area contributed by atoms with Gasteiger partial charge in [-0.3, -0.25) is 9.59 Å². The minimum Gasteiger partial charge on any atom is -0.481 e. The number of aliphatic carboxylic acids is 1. The molecule has 0 saturated carbocycles. The Kier molecular flexibility index (Phi) is 3.97. The highest BCUT2D eigenvalue weighted by Crippen LogP contribution is 2.40. The van der Waals surface area contributed by atoms with Crippen LogP contribution in [-0.2, 0) is 9.59 Å². The molecular weight excluding hydrogens is 238 g/mol. The fourth-order valence-corrected chi connectivity index (χ4v) is 3.70. The summed E-state index contributed by atoms with van der Waals surface area (Å²) in [6, 6.07) is 0.607. The summed E-state index contributed by atoms with van der Waals surface area (Å²) in [5.41, 5.74) is 0. The van der Waals surface area contributed by atoms with Crippen molar-refractivity contribution in [1.82, 2.24) is 4.90 Å². The lowest BCUT2D eigenvalue weighted by molar-refractivity contribution is -0.139. The SMILES string of the molecule is CSCC(=O)N1C2CCC1CC(CC(=O)O)C2. The molecule has 1 amide bonds. The number of thioether (sulfide) groups is 1. The van der Waals surface area contributed by atoms with Crippen molar-refractivity contribution >= 4 is 23.6 Å². The lowest BCUT2D eigenvalue weighted by Gasteiger charge is -2.38. The maximum Gasteiger partial charge on any atom is 0.303 e. The van der Waals surface area contributed by atoms with Crippen LogP contribution in [0, 0.1) is 5.92 Å². The molecule has 0 aromatic rings. The van der Waals surface area contributed by atoms with Crippen LogP contribution in [0.2, 0.25) is 0 Å². The summed E-state index contributed by atoms with van der Waals surface area (Å²) in [5, 5.41) is 8.83. The van der Waals surface area contributed by atoms with Gasteiger partial charge in [-0.2, -0.15) is 11.8 Å². The van der Waals surface area contributed by atoms with Gasteiger partial charge in [0.25, 0.3) is 0 Å². The molecule has 0 spiro atoms. The van der Waals surface area contributed by atoms with Gasteiger partial charge in [0.05, 0.1) is 5.75 Å². The van der Waals surface area contributed by atoms with Crippen LogP contribution in [-0.4, -0.2) is 46.0 Å². The molecule has 4 nitrogen and oxygen atoms in total. The molecule has 2 saturated heterocycles. The first-order valence-electron chi connectivity index (χ1n) is 6.13. The van der Waals surface area contributed by atoms with Gasteiger partial charge in [-0.25, -0.2) is 0 Å². The van der Waals surface area contributed by atoms with E-state index in [1.165, 1.54) is 0 Å². The summed E-state index contributed by atoms with van der Waals surface area (Å²) in [4.78, 5) is 24.7. The minimum absolute atomic E-state index is 0.235. The number of hydrogen-bond donors (Lipinski definition) is 1. The molecule has 2 heterocycles. The Morgan fingerprint density at radius 2 is 1.88 bits per heavy atom. The van der Waals surface area contributed by atoms with E-state index in [-0.39, 0.29) is 18.2 Å². The van der Waals surface area contributed by atoms with Gasteiger partial charge < -0.3 is 10.0 Å². The number of carboxylic acid groups (broad SMARTS) is 1. The number of carbonyl (C=O) groups is 2. The fourth-order valence-electron chi connectivity index (χ4n) is 3.31. The maximum absolute atomic E-state index is 12.0. The normalized spacial score (nSPS) is 31.6. The molecule has 2 atom stereocenters. The molecule has 2 aliphatic heterocycles. The molecule has 0 aromatic heterocycles. The standard InChI is InChI=1S/C12H19NO3S/c1-17-7-11(14)13-9-2-3-10(13)5-8(4-9)6-12(15)16/h8-10H,2-7H2,1H3,(H,15,16). The molecule has 0 aliphatic carbocycles. The Morgan fingerprint density at radius 3 is 2.35 bits per heavy atom. The molecule has 0 radical (unpaired) electrons. The second-order valence-corrected chi connectivity index (χ2v) is 5.92. The Balaban J connectivity index is 1.97. The van der Waals surface area contributed by atoms with Crippen LogP contribution in [0.25, 0.3) is 0 Å². The van der Waals surface area contributed by atoms with Crippen molar-refractivity contribution in [1.29, 1.82) is 0 Å². The third kappa shape index (κ3) is 2.76. The molecule has 2 rings (SSSR count). The molecule has 2 fully saturated rings. The average molecular weight is 257 g/mol. The number of nitrogens with zero attached hydrogens (tertiary/aromatic N) is 1. The first-order valence-corrected chi connectivity index (χ1v) is 7.53. The number of amides is 1. The number of carbonyl (C=O) groups excluding carboxylic acids is 1. The third-order valence-electron chi connectivity index (χ3n) is 3.85. The molecule has 0 aromatic carbocycles. The first kappa shape index (κ1) is 12.7. The Bertz CT molecular complexity index is 307. The van der Waals surface area contributed by atoms with Crippen LogP contribution in [0.4, 0.5) is 0 Å². The van der Waals surface area contributed by atoms with Gasteiger partial charge in [-0.05, 0) is 37.9 Å². The van der Waals surface area contributed by atoms with E-state index in [1.807, 2.05) is 11.2 Å². The van der Waals surface area contributed by atoms with E-state index in [2.05, 4.69) is 0 Å². The predicted molar refractivity (Wildman–Crippen MR) is 67.0 cm³/mol. The van der Waals surface area contributed by atoms with Crippen molar-refractivity contribution in [2.45, 2.75) is 44.2 Å². The zero-order chi connectivity index (χ0) is 12.4. The van der Waals surface area contributed by atoms with Crippen molar-refractivity contribution in [3.05, 3.63) is 0 Å². The first-order chi connectivity index (χ1) is 8.11. The molecule has 96 valence electrons. The van der Waals surface area contributed by atoms with E-state index in [9.17, 15) is 9.59 Å². The number of rotatable bonds is 4. The minimum atomic E-state index is -0.710. The zero-order valence-corrected chi connectivity index (χ0v) is 10.9. The van der Waals surface area contributed by atoms with Crippen molar-refractivity contribution in [2.75, 3.05) is 12.0 Å². The van der Waals surface area contributed by atoms with E-state index >= 15 is 0 Å². The number of fused-ring (bicyclic) bond motifs is 2. The van der Waals surface area contributed by atoms with Gasteiger partial charge in [0.15, 0.2) is 0 Å². The number of carboxylic acids is 1. The van der Waals surface area contributed by atoms with Gasteiger partial charge in [-0.15, -0.1) is 0 Å². The second-order valence-electron chi connectivity index (χ2n) is 5.05. The van der Waals surface area contributed by atoms with Crippen LogP contribution in [0.1, 0.15) is 32.1 Å². The Morgan fingerprint density at radius 1 is 1.29 bits per heavy atom. The van der Waals surface area contributed by atoms with Crippen molar-refractivity contribution in [3.63, 3.8) is 0 Å². The Labute approximate surface area is 106 Å². The molecule has 2 bridgehead atoms. The molecule has 2 unspecified atom stereocenters. The smallest absolute Gasteiger partial charge is 0.303 e. The topological polar surface area (TPSA) is 57.6 Å². The zero-order valence-electron chi connectivity index (χ0n) is 10.1. The van der Waals surface area contributed by atoms with Gasteiger partial charge >= 0.3 is 5.97 Å². The highest BCUT2D eigenvalue weighted by atomic mass is 32.2. The Hall–Kier alpha value is -0.710. The van der Waals surface area contributed by atoms with Crippen molar-refractivity contribution in [2.24, 2.45) is 5.92 Å².